The molecule has 2 fully saturated rings. The minimum absolute atomic E-state index is 0.00940. The fourth-order valence-corrected chi connectivity index (χ4v) is 2.52. The molecular formula is C11H19NO3. The minimum atomic E-state index is -0.454. The second-order valence-electron chi connectivity index (χ2n) is 5.60. The van der Waals surface area contributed by atoms with Gasteiger partial charge in [-0.25, -0.2) is 4.79 Å². The highest BCUT2D eigenvalue weighted by atomic mass is 16.6. The van der Waals surface area contributed by atoms with E-state index in [2.05, 4.69) is 0 Å². The molecule has 15 heavy (non-hydrogen) atoms. The van der Waals surface area contributed by atoms with Gasteiger partial charge in [0, 0.05) is 6.54 Å². The topological polar surface area (TPSA) is 49.8 Å². The molecule has 1 N–H and O–H groups in total. The molecule has 4 heteroatoms. The maximum atomic E-state index is 11.8. The monoisotopic (exact) mass is 213 g/mol. The molecule has 1 amide bonds. The van der Waals surface area contributed by atoms with Crippen LogP contribution < -0.4 is 0 Å². The third-order valence-electron chi connectivity index (χ3n) is 3.08. The van der Waals surface area contributed by atoms with E-state index in [1.807, 2.05) is 20.8 Å². The molecule has 2 aliphatic rings. The molecule has 0 radical (unpaired) electrons. The average molecular weight is 213 g/mol. The van der Waals surface area contributed by atoms with Crippen molar-refractivity contribution in [3.8, 4) is 0 Å². The Morgan fingerprint density at radius 2 is 2.07 bits per heavy atom. The van der Waals surface area contributed by atoms with Crippen LogP contribution in [-0.2, 0) is 4.74 Å². The number of rotatable bonds is 0. The molecular weight excluding hydrogens is 194 g/mol. The third-order valence-corrected chi connectivity index (χ3v) is 3.08. The maximum absolute atomic E-state index is 11.8. The maximum Gasteiger partial charge on any atom is 0.410 e. The summed E-state index contributed by atoms with van der Waals surface area (Å²) >= 11 is 0. The number of carbonyl (C=O) groups excluding carboxylic acids is 1. The Bertz CT molecular complexity index is 271. The number of aliphatic hydroxyl groups excluding tert-OH is 1. The Hall–Kier alpha value is -0.770. The zero-order valence-corrected chi connectivity index (χ0v) is 9.56. The molecule has 1 saturated carbocycles. The fourth-order valence-electron chi connectivity index (χ4n) is 2.52. The van der Waals surface area contributed by atoms with Crippen molar-refractivity contribution >= 4 is 6.09 Å². The lowest BCUT2D eigenvalue weighted by Crippen LogP contribution is -2.46. The summed E-state index contributed by atoms with van der Waals surface area (Å²) < 4.78 is 5.30. The molecule has 0 aromatic rings. The molecule has 2 bridgehead atoms. The van der Waals surface area contributed by atoms with Crippen LogP contribution in [0.1, 0.15) is 33.6 Å². The van der Waals surface area contributed by atoms with Gasteiger partial charge in [0.15, 0.2) is 0 Å². The first-order valence-electron chi connectivity index (χ1n) is 5.54. The molecule has 0 aromatic carbocycles. The number of nitrogens with zero attached hydrogens (tertiary/aromatic N) is 1. The number of ether oxygens (including phenoxy) is 1. The summed E-state index contributed by atoms with van der Waals surface area (Å²) in [4.78, 5) is 13.5. The van der Waals surface area contributed by atoms with Crippen molar-refractivity contribution in [1.29, 1.82) is 0 Å². The zero-order valence-electron chi connectivity index (χ0n) is 9.56. The van der Waals surface area contributed by atoms with Gasteiger partial charge in [-0.3, -0.25) is 0 Å². The average Bonchev–Trinajstić information content (AvgIpc) is 2.58. The standard InChI is InChI=1S/C11H19NO3/c1-11(2,3)15-10(14)12-6-7-4-8(12)9(13)5-7/h7-9,13H,4-6H2,1-3H3/t7-,8+,9-/m1/s1. The summed E-state index contributed by atoms with van der Waals surface area (Å²) in [7, 11) is 0. The highest BCUT2D eigenvalue weighted by Gasteiger charge is 2.47. The van der Waals surface area contributed by atoms with Gasteiger partial charge in [-0.1, -0.05) is 0 Å². The van der Waals surface area contributed by atoms with Gasteiger partial charge < -0.3 is 14.7 Å². The zero-order chi connectivity index (χ0) is 11.2. The number of hydrogen-bond acceptors (Lipinski definition) is 3. The number of aliphatic hydroxyl groups is 1. The van der Waals surface area contributed by atoms with Crippen molar-refractivity contribution < 1.29 is 14.6 Å². The van der Waals surface area contributed by atoms with E-state index in [1.165, 1.54) is 0 Å². The van der Waals surface area contributed by atoms with E-state index in [9.17, 15) is 9.90 Å². The van der Waals surface area contributed by atoms with Crippen LogP contribution in [0.15, 0.2) is 0 Å². The first kappa shape index (κ1) is 10.7. The van der Waals surface area contributed by atoms with Crippen molar-refractivity contribution in [2.24, 2.45) is 5.92 Å². The minimum Gasteiger partial charge on any atom is -0.444 e. The van der Waals surface area contributed by atoms with E-state index in [0.29, 0.717) is 5.92 Å². The molecule has 0 unspecified atom stereocenters. The summed E-state index contributed by atoms with van der Waals surface area (Å²) in [5.74, 6) is 0.470. The summed E-state index contributed by atoms with van der Waals surface area (Å²) in [6.07, 6.45) is 1.13. The molecule has 2 rings (SSSR count). The first-order valence-corrected chi connectivity index (χ1v) is 5.54. The van der Waals surface area contributed by atoms with Crippen LogP contribution in [0.25, 0.3) is 0 Å². The van der Waals surface area contributed by atoms with Gasteiger partial charge in [0.2, 0.25) is 0 Å². The van der Waals surface area contributed by atoms with Crippen LogP contribution in [0.4, 0.5) is 4.79 Å². The second kappa shape index (κ2) is 3.37. The molecule has 3 atom stereocenters. The summed E-state index contributed by atoms with van der Waals surface area (Å²) in [6.45, 7) is 6.32. The number of piperidine rings is 1. The smallest absolute Gasteiger partial charge is 0.410 e. The van der Waals surface area contributed by atoms with Gasteiger partial charge in [0.05, 0.1) is 12.1 Å². The molecule has 1 aliphatic heterocycles. The summed E-state index contributed by atoms with van der Waals surface area (Å²) in [5.41, 5.74) is -0.454. The van der Waals surface area contributed by atoms with Crippen molar-refractivity contribution in [3.63, 3.8) is 0 Å². The van der Waals surface area contributed by atoms with Crippen LogP contribution in [0, 0.1) is 5.92 Å². The van der Waals surface area contributed by atoms with Gasteiger partial charge >= 0.3 is 6.09 Å². The first-order chi connectivity index (χ1) is 6.87. The summed E-state index contributed by atoms with van der Waals surface area (Å²) in [5, 5.41) is 9.69. The van der Waals surface area contributed by atoms with E-state index in [1.54, 1.807) is 4.90 Å². The molecule has 0 aromatic heterocycles. The highest BCUT2D eigenvalue weighted by molar-refractivity contribution is 5.69. The SMILES string of the molecule is CC(C)(C)OC(=O)N1C[C@H]2C[C@@H](O)[C@@H]1C2. The Kier molecular flexibility index (Phi) is 2.41. The van der Waals surface area contributed by atoms with Crippen LogP contribution >= 0.6 is 0 Å². The summed E-state index contributed by atoms with van der Waals surface area (Å²) in [6, 6.07) is -0.00940. The molecule has 1 heterocycles. The quantitative estimate of drug-likeness (QED) is 0.661. The lowest BCUT2D eigenvalue weighted by atomic mass is 10.1. The Morgan fingerprint density at radius 3 is 2.53 bits per heavy atom. The highest BCUT2D eigenvalue weighted by Crippen LogP contribution is 2.38. The number of hydrogen-bond donors (Lipinski definition) is 1. The van der Waals surface area contributed by atoms with Gasteiger partial charge in [-0.2, -0.15) is 0 Å². The Labute approximate surface area is 90.2 Å². The molecule has 4 nitrogen and oxygen atoms in total. The second-order valence-corrected chi connectivity index (χ2v) is 5.60. The number of amides is 1. The third kappa shape index (κ3) is 2.09. The number of likely N-dealkylation sites (tertiary alicyclic amines) is 1. The van der Waals surface area contributed by atoms with Gasteiger partial charge in [-0.05, 0) is 39.5 Å². The van der Waals surface area contributed by atoms with Crippen LogP contribution in [0.5, 0.6) is 0 Å². The van der Waals surface area contributed by atoms with Crippen LogP contribution in [-0.4, -0.2) is 40.4 Å². The van der Waals surface area contributed by atoms with E-state index >= 15 is 0 Å². The Morgan fingerprint density at radius 1 is 1.40 bits per heavy atom. The molecule has 1 aliphatic carbocycles. The van der Waals surface area contributed by atoms with Crippen molar-refractivity contribution in [2.75, 3.05) is 6.54 Å². The lowest BCUT2D eigenvalue weighted by molar-refractivity contribution is -0.00176. The van der Waals surface area contributed by atoms with E-state index in [4.69, 9.17) is 4.74 Å². The predicted molar refractivity (Wildman–Crippen MR) is 55.5 cm³/mol. The van der Waals surface area contributed by atoms with Crippen LogP contribution in [0.2, 0.25) is 0 Å². The van der Waals surface area contributed by atoms with Crippen molar-refractivity contribution in [1.82, 2.24) is 4.90 Å². The Balaban J connectivity index is 1.98. The van der Waals surface area contributed by atoms with Crippen molar-refractivity contribution in [2.45, 2.75) is 51.4 Å². The number of carbonyl (C=O) groups is 1. The van der Waals surface area contributed by atoms with E-state index in [-0.39, 0.29) is 18.2 Å². The largest absolute Gasteiger partial charge is 0.444 e. The van der Waals surface area contributed by atoms with Crippen molar-refractivity contribution in [3.05, 3.63) is 0 Å². The molecule has 0 spiro atoms. The van der Waals surface area contributed by atoms with Gasteiger partial charge in [0.1, 0.15) is 5.60 Å². The van der Waals surface area contributed by atoms with Crippen LogP contribution in [0.3, 0.4) is 0 Å². The molecule has 86 valence electrons. The molecule has 1 saturated heterocycles. The van der Waals surface area contributed by atoms with E-state index in [0.717, 1.165) is 19.4 Å². The van der Waals surface area contributed by atoms with Gasteiger partial charge in [0.25, 0.3) is 0 Å². The lowest BCUT2D eigenvalue weighted by Gasteiger charge is -2.32. The number of fused-ring (bicyclic) bond motifs is 2. The van der Waals surface area contributed by atoms with E-state index < -0.39 is 5.60 Å². The normalized spacial score (nSPS) is 34.7. The van der Waals surface area contributed by atoms with Gasteiger partial charge in [-0.15, -0.1) is 0 Å². The predicted octanol–water partition coefficient (Wildman–Crippen LogP) is 1.38. The fraction of sp³-hybridized carbons (Fsp3) is 0.909.